The number of benzene rings is 1. The molecule has 0 atom stereocenters. The molecule has 22 heavy (non-hydrogen) atoms. The summed E-state index contributed by atoms with van der Waals surface area (Å²) in [5.74, 6) is -1.14. The summed E-state index contributed by atoms with van der Waals surface area (Å²) < 4.78 is 28.7. The van der Waals surface area contributed by atoms with Gasteiger partial charge in [0.15, 0.2) is 0 Å². The van der Waals surface area contributed by atoms with Gasteiger partial charge in [0.25, 0.3) is 0 Å². The zero-order valence-electron chi connectivity index (χ0n) is 12.6. The van der Waals surface area contributed by atoms with Crippen LogP contribution in [0.25, 0.3) is 0 Å². The van der Waals surface area contributed by atoms with Crippen molar-refractivity contribution >= 4 is 31.9 Å². The molecule has 1 saturated carbocycles. The fourth-order valence-electron chi connectivity index (χ4n) is 2.79. The molecule has 1 fully saturated rings. The van der Waals surface area contributed by atoms with Crippen molar-refractivity contribution in [2.24, 2.45) is 5.92 Å². The van der Waals surface area contributed by atoms with Gasteiger partial charge in [0, 0.05) is 10.5 Å². The lowest BCUT2D eigenvalue weighted by atomic mass is 9.87. The molecule has 0 aliphatic heterocycles. The first-order valence-corrected chi connectivity index (χ1v) is 9.50. The van der Waals surface area contributed by atoms with E-state index in [1.807, 2.05) is 6.92 Å². The molecule has 0 saturated heterocycles. The van der Waals surface area contributed by atoms with Crippen LogP contribution in [0.4, 0.5) is 0 Å². The number of hydrogen-bond donors (Lipinski definition) is 2. The Labute approximate surface area is 139 Å². The number of aryl methyl sites for hydroxylation is 2. The highest BCUT2D eigenvalue weighted by atomic mass is 79.9. The summed E-state index contributed by atoms with van der Waals surface area (Å²) in [6.07, 6.45) is 2.15. The van der Waals surface area contributed by atoms with Crippen molar-refractivity contribution < 1.29 is 18.3 Å². The minimum Gasteiger partial charge on any atom is -0.481 e. The lowest BCUT2D eigenvalue weighted by Crippen LogP contribution is -2.38. The third kappa shape index (κ3) is 3.88. The Kier molecular flexibility index (Phi) is 5.29. The summed E-state index contributed by atoms with van der Waals surface area (Å²) in [4.78, 5) is 11.2. The number of halogens is 1. The van der Waals surface area contributed by atoms with E-state index in [-0.39, 0.29) is 16.9 Å². The van der Waals surface area contributed by atoms with Gasteiger partial charge >= 0.3 is 5.97 Å². The van der Waals surface area contributed by atoms with Crippen LogP contribution in [-0.2, 0) is 14.8 Å². The van der Waals surface area contributed by atoms with Crippen LogP contribution in [0.2, 0.25) is 0 Å². The molecule has 0 spiro atoms. The molecule has 0 radical (unpaired) electrons. The predicted octanol–water partition coefficient (Wildman–Crippen LogP) is 2.99. The number of nitrogens with one attached hydrogen (secondary N) is 1. The van der Waals surface area contributed by atoms with Gasteiger partial charge in [0.1, 0.15) is 0 Å². The fourth-order valence-corrected chi connectivity index (χ4v) is 4.86. The van der Waals surface area contributed by atoms with Crippen molar-refractivity contribution in [3.8, 4) is 0 Å². The second-order valence-corrected chi connectivity index (χ2v) is 8.41. The molecule has 2 N–H and O–H groups in total. The maximum absolute atomic E-state index is 12.6. The lowest BCUT2D eigenvalue weighted by Gasteiger charge is -2.27. The fraction of sp³-hybridized carbons (Fsp3) is 0.533. The highest BCUT2D eigenvalue weighted by Gasteiger charge is 2.29. The average Bonchev–Trinajstić information content (AvgIpc) is 2.42. The molecule has 1 aromatic carbocycles. The zero-order chi connectivity index (χ0) is 16.5. The van der Waals surface area contributed by atoms with E-state index >= 15 is 0 Å². The third-order valence-electron chi connectivity index (χ3n) is 4.14. The quantitative estimate of drug-likeness (QED) is 0.828. The number of carbonyl (C=O) groups is 1. The molecule has 0 heterocycles. The molecule has 1 aliphatic rings. The molecular weight excluding hydrogens is 370 g/mol. The van der Waals surface area contributed by atoms with Crippen LogP contribution >= 0.6 is 15.9 Å². The van der Waals surface area contributed by atoms with Crippen LogP contribution in [0.15, 0.2) is 21.5 Å². The predicted molar refractivity (Wildman–Crippen MR) is 87.3 cm³/mol. The topological polar surface area (TPSA) is 83.5 Å². The summed E-state index contributed by atoms with van der Waals surface area (Å²) in [5, 5.41) is 8.98. The van der Waals surface area contributed by atoms with Crippen LogP contribution in [0.5, 0.6) is 0 Å². The molecule has 0 unspecified atom stereocenters. The molecular formula is C15H20BrNO4S. The molecule has 0 amide bonds. The van der Waals surface area contributed by atoms with Gasteiger partial charge < -0.3 is 5.11 Å². The maximum atomic E-state index is 12.6. The summed E-state index contributed by atoms with van der Waals surface area (Å²) >= 11 is 3.39. The van der Waals surface area contributed by atoms with Crippen molar-refractivity contribution in [2.75, 3.05) is 0 Å². The molecule has 0 aromatic heterocycles. The number of carboxylic acids is 1. The van der Waals surface area contributed by atoms with E-state index < -0.39 is 16.0 Å². The molecule has 5 nitrogen and oxygen atoms in total. The van der Waals surface area contributed by atoms with E-state index in [1.165, 1.54) is 0 Å². The molecule has 122 valence electrons. The molecule has 0 bridgehead atoms. The number of sulfonamides is 1. The van der Waals surface area contributed by atoms with Gasteiger partial charge in [-0.3, -0.25) is 4.79 Å². The second-order valence-electron chi connectivity index (χ2n) is 5.87. The Morgan fingerprint density at radius 1 is 1.18 bits per heavy atom. The lowest BCUT2D eigenvalue weighted by molar-refractivity contribution is -0.142. The highest BCUT2D eigenvalue weighted by molar-refractivity contribution is 9.10. The van der Waals surface area contributed by atoms with Crippen LogP contribution in [0.1, 0.15) is 36.8 Å². The van der Waals surface area contributed by atoms with Crippen molar-refractivity contribution in [1.82, 2.24) is 4.72 Å². The summed E-state index contributed by atoms with van der Waals surface area (Å²) in [5.41, 5.74) is 1.55. The minimum atomic E-state index is -3.59. The smallest absolute Gasteiger partial charge is 0.306 e. The van der Waals surface area contributed by atoms with E-state index in [9.17, 15) is 13.2 Å². The van der Waals surface area contributed by atoms with Crippen LogP contribution in [0, 0.1) is 19.8 Å². The van der Waals surface area contributed by atoms with Gasteiger partial charge in [0.2, 0.25) is 10.0 Å². The number of hydrogen-bond acceptors (Lipinski definition) is 3. The summed E-state index contributed by atoms with van der Waals surface area (Å²) in [7, 11) is -3.59. The Bertz CT molecular complexity index is 679. The summed E-state index contributed by atoms with van der Waals surface area (Å²) in [6, 6.07) is 3.26. The molecule has 1 aliphatic carbocycles. The van der Waals surface area contributed by atoms with Crippen molar-refractivity contribution in [2.45, 2.75) is 50.5 Å². The van der Waals surface area contributed by atoms with Gasteiger partial charge in [-0.05, 0) is 62.8 Å². The Balaban J connectivity index is 2.13. The normalized spacial score (nSPS) is 22.5. The number of carboxylic acid groups (broad SMARTS) is 1. The van der Waals surface area contributed by atoms with Gasteiger partial charge in [-0.25, -0.2) is 13.1 Å². The number of rotatable bonds is 4. The Morgan fingerprint density at radius 2 is 1.77 bits per heavy atom. The first-order valence-electron chi connectivity index (χ1n) is 7.22. The van der Waals surface area contributed by atoms with Crippen molar-refractivity contribution in [3.05, 3.63) is 27.7 Å². The average molecular weight is 390 g/mol. The highest BCUT2D eigenvalue weighted by Crippen LogP contribution is 2.28. The van der Waals surface area contributed by atoms with E-state index in [2.05, 4.69) is 20.7 Å². The summed E-state index contributed by atoms with van der Waals surface area (Å²) in [6.45, 7) is 3.61. The third-order valence-corrected chi connectivity index (χ3v) is 6.66. The Hall–Kier alpha value is -0.920. The van der Waals surface area contributed by atoms with Crippen LogP contribution in [-0.4, -0.2) is 25.5 Å². The van der Waals surface area contributed by atoms with E-state index in [1.54, 1.807) is 19.1 Å². The molecule has 2 rings (SSSR count). The van der Waals surface area contributed by atoms with Gasteiger partial charge in [-0.1, -0.05) is 15.9 Å². The number of aliphatic carboxylic acids is 1. The molecule has 7 heteroatoms. The zero-order valence-corrected chi connectivity index (χ0v) is 15.0. The first kappa shape index (κ1) is 17.4. The van der Waals surface area contributed by atoms with E-state index in [0.717, 1.165) is 10.0 Å². The minimum absolute atomic E-state index is 0.191. The monoisotopic (exact) mass is 389 g/mol. The standard InChI is InChI=1S/C15H20BrNO4S/c1-9-8-14(10(2)7-13(9)16)22(20,21)17-12-5-3-11(4-6-12)15(18)19/h7-8,11-12,17H,3-6H2,1-2H3,(H,18,19). The van der Waals surface area contributed by atoms with E-state index in [4.69, 9.17) is 5.11 Å². The first-order chi connectivity index (χ1) is 10.2. The van der Waals surface area contributed by atoms with Crippen LogP contribution < -0.4 is 4.72 Å². The maximum Gasteiger partial charge on any atom is 0.306 e. The van der Waals surface area contributed by atoms with Gasteiger partial charge in [-0.2, -0.15) is 0 Å². The van der Waals surface area contributed by atoms with Gasteiger partial charge in [0.05, 0.1) is 10.8 Å². The van der Waals surface area contributed by atoms with E-state index in [0.29, 0.717) is 31.2 Å². The largest absolute Gasteiger partial charge is 0.481 e. The second kappa shape index (κ2) is 6.68. The van der Waals surface area contributed by atoms with Crippen molar-refractivity contribution in [1.29, 1.82) is 0 Å². The SMILES string of the molecule is Cc1cc(S(=O)(=O)NC2CCC(C(=O)O)CC2)c(C)cc1Br. The molecule has 1 aromatic rings. The van der Waals surface area contributed by atoms with Gasteiger partial charge in [-0.15, -0.1) is 0 Å². The van der Waals surface area contributed by atoms with Crippen LogP contribution in [0.3, 0.4) is 0 Å². The Morgan fingerprint density at radius 3 is 2.32 bits per heavy atom. The van der Waals surface area contributed by atoms with Crippen molar-refractivity contribution in [3.63, 3.8) is 0 Å².